The van der Waals surface area contributed by atoms with Gasteiger partial charge in [0.1, 0.15) is 0 Å². The minimum Gasteiger partial charge on any atom is -0.348 e. The van der Waals surface area contributed by atoms with Crippen LogP contribution in [0.5, 0.6) is 0 Å². The lowest BCUT2D eigenvalue weighted by atomic mass is 10.1. The van der Waals surface area contributed by atoms with E-state index >= 15 is 0 Å². The van der Waals surface area contributed by atoms with Crippen molar-refractivity contribution in [1.82, 2.24) is 13.8 Å². The number of benzene rings is 1. The fraction of sp³-hybridized carbons (Fsp3) is 0.353. The van der Waals surface area contributed by atoms with Gasteiger partial charge in [-0.3, -0.25) is 0 Å². The smallest absolute Gasteiger partial charge is 0.242 e. The molecular formula is C17H22N4O2S2. The Balaban J connectivity index is 1.78. The number of hydrogen-bond acceptors (Lipinski definition) is 3. The summed E-state index contributed by atoms with van der Waals surface area (Å²) in [4.78, 5) is 2.36. The second kappa shape index (κ2) is 6.78. The standard InChI is InChI=1S/C17H22N4O2S2/c1-13-16-8-5-9-20(16)10-11-21(13)17(24)18-14-6-4-7-15(12-14)25(22,23)19(2)3/h4-9,12-13H,10-11H2,1-3H3,(H,18,24)/t13-/m0/s1. The van der Waals surface area contributed by atoms with Crippen molar-refractivity contribution < 1.29 is 8.42 Å². The molecule has 0 bridgehead atoms. The molecule has 8 heteroatoms. The Hall–Kier alpha value is -1.90. The minimum absolute atomic E-state index is 0.164. The van der Waals surface area contributed by atoms with Gasteiger partial charge in [-0.15, -0.1) is 0 Å². The average Bonchev–Trinajstić information content (AvgIpc) is 3.04. The molecule has 134 valence electrons. The normalized spacial score (nSPS) is 17.4. The van der Waals surface area contributed by atoms with Crippen molar-refractivity contribution in [2.45, 2.75) is 24.4 Å². The first-order valence-corrected chi connectivity index (χ1v) is 9.91. The van der Waals surface area contributed by atoms with Crippen LogP contribution in [0.4, 0.5) is 5.69 Å². The van der Waals surface area contributed by atoms with E-state index in [9.17, 15) is 8.42 Å². The van der Waals surface area contributed by atoms with Crippen molar-refractivity contribution in [2.75, 3.05) is 26.0 Å². The number of nitrogens with zero attached hydrogens (tertiary/aromatic N) is 3. The van der Waals surface area contributed by atoms with Gasteiger partial charge in [-0.1, -0.05) is 6.07 Å². The molecule has 1 atom stereocenters. The fourth-order valence-corrected chi connectivity index (χ4v) is 4.31. The molecule has 1 aromatic carbocycles. The molecule has 0 fully saturated rings. The van der Waals surface area contributed by atoms with Gasteiger partial charge in [-0.05, 0) is 49.5 Å². The van der Waals surface area contributed by atoms with Crippen LogP contribution in [0.3, 0.4) is 0 Å². The summed E-state index contributed by atoms with van der Waals surface area (Å²) in [5.74, 6) is 0. The maximum absolute atomic E-state index is 12.3. The summed E-state index contributed by atoms with van der Waals surface area (Å²) < 4.78 is 28.0. The van der Waals surface area contributed by atoms with E-state index in [0.29, 0.717) is 10.8 Å². The summed E-state index contributed by atoms with van der Waals surface area (Å²) in [5.41, 5.74) is 1.89. The molecule has 0 saturated heterocycles. The van der Waals surface area contributed by atoms with Gasteiger partial charge < -0.3 is 14.8 Å². The number of fused-ring (bicyclic) bond motifs is 1. The Kier molecular flexibility index (Phi) is 4.86. The van der Waals surface area contributed by atoms with Crippen LogP contribution in [0.1, 0.15) is 18.7 Å². The maximum Gasteiger partial charge on any atom is 0.242 e. The quantitative estimate of drug-likeness (QED) is 0.832. The summed E-state index contributed by atoms with van der Waals surface area (Å²) in [6.07, 6.45) is 2.08. The predicted octanol–water partition coefficient (Wildman–Crippen LogP) is 2.51. The Labute approximate surface area is 154 Å². The SMILES string of the molecule is C[C@H]1c2cccn2CCN1C(=S)Nc1cccc(S(=O)(=O)N(C)C)c1. The van der Waals surface area contributed by atoms with Gasteiger partial charge in [0, 0.05) is 44.8 Å². The summed E-state index contributed by atoms with van der Waals surface area (Å²) in [6.45, 7) is 3.81. The van der Waals surface area contributed by atoms with E-state index in [1.807, 2.05) is 12.1 Å². The third-order valence-corrected chi connectivity index (χ3v) is 6.61. The molecule has 1 N–H and O–H groups in total. The second-order valence-electron chi connectivity index (χ2n) is 6.24. The van der Waals surface area contributed by atoms with Crippen LogP contribution >= 0.6 is 12.2 Å². The average molecular weight is 379 g/mol. The van der Waals surface area contributed by atoms with Crippen molar-refractivity contribution in [3.05, 3.63) is 48.3 Å². The van der Waals surface area contributed by atoms with Gasteiger partial charge in [0.25, 0.3) is 0 Å². The lowest BCUT2D eigenvalue weighted by Gasteiger charge is -2.36. The summed E-state index contributed by atoms with van der Waals surface area (Å²) in [5, 5.41) is 3.78. The molecule has 0 aliphatic carbocycles. The highest BCUT2D eigenvalue weighted by Crippen LogP contribution is 2.26. The molecule has 1 aliphatic heterocycles. The lowest BCUT2D eigenvalue weighted by molar-refractivity contribution is 0.276. The van der Waals surface area contributed by atoms with Gasteiger partial charge in [-0.25, -0.2) is 12.7 Å². The fourth-order valence-electron chi connectivity index (χ4n) is 3.00. The first kappa shape index (κ1) is 17.9. The summed E-state index contributed by atoms with van der Waals surface area (Å²) in [6, 6.07) is 11.0. The largest absolute Gasteiger partial charge is 0.348 e. The lowest BCUT2D eigenvalue weighted by Crippen LogP contribution is -2.42. The molecule has 0 radical (unpaired) electrons. The second-order valence-corrected chi connectivity index (χ2v) is 8.78. The third-order valence-electron chi connectivity index (χ3n) is 4.47. The number of aromatic nitrogens is 1. The zero-order valence-corrected chi connectivity index (χ0v) is 16.1. The van der Waals surface area contributed by atoms with Crippen LogP contribution in [0.2, 0.25) is 0 Å². The van der Waals surface area contributed by atoms with Crippen molar-refractivity contribution >= 4 is 33.0 Å². The number of anilines is 1. The number of hydrogen-bond donors (Lipinski definition) is 1. The molecule has 0 saturated carbocycles. The molecule has 2 heterocycles. The monoisotopic (exact) mass is 378 g/mol. The van der Waals surface area contributed by atoms with E-state index in [-0.39, 0.29) is 10.9 Å². The van der Waals surface area contributed by atoms with Crippen LogP contribution in [0.25, 0.3) is 0 Å². The Bertz CT molecular complexity index is 890. The number of sulfonamides is 1. The van der Waals surface area contributed by atoms with Crippen molar-refractivity contribution in [2.24, 2.45) is 0 Å². The topological polar surface area (TPSA) is 57.6 Å². The predicted molar refractivity (Wildman–Crippen MR) is 103 cm³/mol. The van der Waals surface area contributed by atoms with Crippen LogP contribution in [0, 0.1) is 0 Å². The number of rotatable bonds is 3. The van der Waals surface area contributed by atoms with E-state index in [2.05, 4.69) is 34.0 Å². The van der Waals surface area contributed by atoms with Crippen LogP contribution < -0.4 is 5.32 Å². The molecule has 2 aromatic rings. The number of thiocarbonyl (C=S) groups is 1. The maximum atomic E-state index is 12.3. The first-order valence-electron chi connectivity index (χ1n) is 8.06. The van der Waals surface area contributed by atoms with Gasteiger partial charge in [-0.2, -0.15) is 0 Å². The molecule has 0 spiro atoms. The minimum atomic E-state index is -3.47. The van der Waals surface area contributed by atoms with E-state index in [0.717, 1.165) is 13.1 Å². The van der Waals surface area contributed by atoms with Crippen molar-refractivity contribution in [1.29, 1.82) is 0 Å². The third kappa shape index (κ3) is 3.42. The van der Waals surface area contributed by atoms with Gasteiger partial charge in [0.05, 0.1) is 10.9 Å². The van der Waals surface area contributed by atoms with E-state index in [4.69, 9.17) is 12.2 Å². The molecule has 3 rings (SSSR count). The van der Waals surface area contributed by atoms with Crippen LogP contribution in [-0.4, -0.2) is 47.9 Å². The van der Waals surface area contributed by atoms with Crippen molar-refractivity contribution in [3.8, 4) is 0 Å². The van der Waals surface area contributed by atoms with Gasteiger partial charge >= 0.3 is 0 Å². The molecule has 6 nitrogen and oxygen atoms in total. The molecule has 0 unspecified atom stereocenters. The molecular weight excluding hydrogens is 356 g/mol. The Morgan fingerprint density at radius 1 is 1.24 bits per heavy atom. The molecule has 25 heavy (non-hydrogen) atoms. The summed E-state index contributed by atoms with van der Waals surface area (Å²) >= 11 is 5.57. The summed E-state index contributed by atoms with van der Waals surface area (Å²) in [7, 11) is -0.433. The molecule has 1 aromatic heterocycles. The van der Waals surface area contributed by atoms with Crippen molar-refractivity contribution in [3.63, 3.8) is 0 Å². The van der Waals surface area contributed by atoms with E-state index in [1.54, 1.807) is 18.2 Å². The highest BCUT2D eigenvalue weighted by atomic mass is 32.2. The van der Waals surface area contributed by atoms with E-state index < -0.39 is 10.0 Å². The van der Waals surface area contributed by atoms with Crippen LogP contribution in [0.15, 0.2) is 47.5 Å². The molecule has 1 aliphatic rings. The highest BCUT2D eigenvalue weighted by molar-refractivity contribution is 7.89. The number of nitrogens with one attached hydrogen (secondary N) is 1. The first-order chi connectivity index (χ1) is 11.8. The molecule has 0 amide bonds. The van der Waals surface area contributed by atoms with Gasteiger partial charge in [0.15, 0.2) is 5.11 Å². The Morgan fingerprint density at radius 3 is 2.72 bits per heavy atom. The zero-order chi connectivity index (χ0) is 18.2. The highest BCUT2D eigenvalue weighted by Gasteiger charge is 2.25. The van der Waals surface area contributed by atoms with Gasteiger partial charge in [0.2, 0.25) is 10.0 Å². The zero-order valence-electron chi connectivity index (χ0n) is 14.5. The van der Waals surface area contributed by atoms with Crippen LogP contribution in [-0.2, 0) is 16.6 Å². The van der Waals surface area contributed by atoms with E-state index in [1.165, 1.54) is 24.1 Å². The Morgan fingerprint density at radius 2 is 2.00 bits per heavy atom.